The number of ether oxygens (including phenoxy) is 2. The highest BCUT2D eigenvalue weighted by Gasteiger charge is 2.30. The molecule has 0 spiro atoms. The zero-order chi connectivity index (χ0) is 30.0. The molecule has 0 aliphatic carbocycles. The summed E-state index contributed by atoms with van der Waals surface area (Å²) in [7, 11) is -2.05. The van der Waals surface area contributed by atoms with Crippen LogP contribution in [0.2, 0.25) is 0 Å². The summed E-state index contributed by atoms with van der Waals surface area (Å²) in [5.74, 6) is 0.398. The number of para-hydroxylation sites is 1. The molecule has 43 heavy (non-hydrogen) atoms. The van der Waals surface area contributed by atoms with Crippen LogP contribution in [0.1, 0.15) is 17.8 Å². The molecule has 228 valence electrons. The Hall–Kier alpha value is -4.02. The molecule has 0 saturated carbocycles. The van der Waals surface area contributed by atoms with Gasteiger partial charge in [-0.15, -0.1) is 0 Å². The normalized spacial score (nSPS) is 16.7. The lowest BCUT2D eigenvalue weighted by Gasteiger charge is -2.34. The molecule has 0 radical (unpaired) electrons. The van der Waals surface area contributed by atoms with E-state index in [4.69, 9.17) is 14.5 Å². The summed E-state index contributed by atoms with van der Waals surface area (Å²) in [6.45, 7) is 3.10. The van der Waals surface area contributed by atoms with E-state index in [1.165, 1.54) is 16.0 Å². The third-order valence-electron chi connectivity index (χ3n) is 7.50. The molecule has 0 amide bonds. The summed E-state index contributed by atoms with van der Waals surface area (Å²) in [6.07, 6.45) is 0.760. The van der Waals surface area contributed by atoms with Gasteiger partial charge < -0.3 is 19.3 Å². The number of alkyl halides is 2. The fourth-order valence-corrected chi connectivity index (χ4v) is 6.67. The second kappa shape index (κ2) is 12.3. The molecule has 0 atom stereocenters. The number of hydrogen-bond acceptors (Lipinski definition) is 11. The molecule has 2 aliphatic rings. The molecule has 0 unspecified atom stereocenters. The number of imidazole rings is 1. The zero-order valence-electron chi connectivity index (χ0n) is 23.5. The molecule has 13 nitrogen and oxygen atoms in total. The summed E-state index contributed by atoms with van der Waals surface area (Å²) in [4.78, 5) is 25.9. The van der Waals surface area contributed by atoms with Gasteiger partial charge in [0.2, 0.25) is 27.9 Å². The minimum absolute atomic E-state index is 0.00931. The molecule has 4 aromatic rings. The van der Waals surface area contributed by atoms with Crippen LogP contribution in [-0.2, 0) is 21.2 Å². The molecule has 3 aromatic heterocycles. The Balaban J connectivity index is 1.31. The van der Waals surface area contributed by atoms with Crippen molar-refractivity contribution in [3.63, 3.8) is 0 Å². The molecule has 2 fully saturated rings. The van der Waals surface area contributed by atoms with Crippen molar-refractivity contribution in [3.05, 3.63) is 54.1 Å². The van der Waals surface area contributed by atoms with Gasteiger partial charge in [0, 0.05) is 51.7 Å². The van der Waals surface area contributed by atoms with Crippen LogP contribution in [0.5, 0.6) is 5.75 Å². The maximum Gasteiger partial charge on any atom is 0.296 e. The number of aryl methyl sites for hydroxylation is 1. The molecule has 1 aromatic carbocycles. The van der Waals surface area contributed by atoms with E-state index in [1.54, 1.807) is 42.7 Å². The summed E-state index contributed by atoms with van der Waals surface area (Å²) in [6, 6.07) is 8.60. The van der Waals surface area contributed by atoms with E-state index in [9.17, 15) is 17.2 Å². The molecule has 2 aliphatic heterocycles. The molecule has 2 saturated heterocycles. The fourth-order valence-electron chi connectivity index (χ4n) is 5.19. The van der Waals surface area contributed by atoms with E-state index in [2.05, 4.69) is 19.9 Å². The first-order chi connectivity index (χ1) is 20.8. The van der Waals surface area contributed by atoms with E-state index in [1.807, 2.05) is 9.80 Å². The Kier molecular flexibility index (Phi) is 8.32. The molecule has 16 heteroatoms. The summed E-state index contributed by atoms with van der Waals surface area (Å²) in [5, 5.41) is 0. The highest BCUT2D eigenvalue weighted by molar-refractivity contribution is 7.89. The Labute approximate surface area is 247 Å². The van der Waals surface area contributed by atoms with Crippen LogP contribution in [0.25, 0.3) is 17.0 Å². The third kappa shape index (κ3) is 6.07. The highest BCUT2D eigenvalue weighted by Crippen LogP contribution is 2.32. The van der Waals surface area contributed by atoms with E-state index in [0.717, 1.165) is 5.56 Å². The number of halogens is 2. The number of pyridine rings is 1. The van der Waals surface area contributed by atoms with Gasteiger partial charge in [0.25, 0.3) is 6.43 Å². The Bertz CT molecular complexity index is 1680. The van der Waals surface area contributed by atoms with Gasteiger partial charge in [-0.25, -0.2) is 22.2 Å². The minimum atomic E-state index is -3.50. The van der Waals surface area contributed by atoms with Crippen molar-refractivity contribution in [2.24, 2.45) is 0 Å². The SMILES string of the molecule is COc1cccc2c1nc(C(F)F)n2-c1nc(N2CCOCC2)nc(N2CCN(S(=O)(=O)CCc3ccncc3)CC2)n1. The number of fused-ring (bicyclic) bond motifs is 1. The Morgan fingerprint density at radius 3 is 2.19 bits per heavy atom. The number of benzene rings is 1. The molecular weight excluding hydrogens is 584 g/mol. The number of methoxy groups -OCH3 is 1. The lowest BCUT2D eigenvalue weighted by atomic mass is 10.2. The topological polar surface area (TPSA) is 132 Å². The van der Waals surface area contributed by atoms with Crippen molar-refractivity contribution in [3.8, 4) is 11.7 Å². The van der Waals surface area contributed by atoms with Gasteiger partial charge in [-0.1, -0.05) is 6.07 Å². The van der Waals surface area contributed by atoms with Crippen LogP contribution in [0.3, 0.4) is 0 Å². The van der Waals surface area contributed by atoms with Crippen molar-refractivity contribution in [2.45, 2.75) is 12.8 Å². The number of anilines is 2. The second-order valence-corrected chi connectivity index (χ2v) is 12.2. The standard InChI is InChI=1S/C27H31F2N9O4S/c1-41-21-4-2-3-20-22(21)31-24(23(28)29)38(20)27-33-25(32-26(34-27)36-14-16-42-17-15-36)35-10-12-37(13-11-35)43(39,40)18-7-19-5-8-30-9-6-19/h2-6,8-9,23H,7,10-18H2,1H3. The van der Waals surface area contributed by atoms with Crippen LogP contribution < -0.4 is 14.5 Å². The van der Waals surface area contributed by atoms with Crippen LogP contribution in [0, 0.1) is 0 Å². The van der Waals surface area contributed by atoms with Gasteiger partial charge in [-0.2, -0.15) is 19.3 Å². The van der Waals surface area contributed by atoms with E-state index < -0.39 is 22.3 Å². The van der Waals surface area contributed by atoms with E-state index >= 15 is 0 Å². The quantitative estimate of drug-likeness (QED) is 0.274. The lowest BCUT2D eigenvalue weighted by Crippen LogP contribution is -2.50. The minimum Gasteiger partial charge on any atom is -0.494 e. The largest absolute Gasteiger partial charge is 0.494 e. The van der Waals surface area contributed by atoms with Gasteiger partial charge in [0.15, 0.2) is 5.82 Å². The molecule has 0 N–H and O–H groups in total. The van der Waals surface area contributed by atoms with Crippen LogP contribution >= 0.6 is 0 Å². The first-order valence-corrected chi connectivity index (χ1v) is 15.5. The Morgan fingerprint density at radius 1 is 0.884 bits per heavy atom. The van der Waals surface area contributed by atoms with Crippen molar-refractivity contribution in [1.82, 2.24) is 33.8 Å². The van der Waals surface area contributed by atoms with Crippen molar-refractivity contribution in [1.29, 1.82) is 0 Å². The highest BCUT2D eigenvalue weighted by atomic mass is 32.2. The van der Waals surface area contributed by atoms with E-state index in [0.29, 0.717) is 63.0 Å². The molecular formula is C27H31F2N9O4S. The van der Waals surface area contributed by atoms with Gasteiger partial charge >= 0.3 is 0 Å². The number of sulfonamides is 1. The van der Waals surface area contributed by atoms with Crippen LogP contribution in [0.4, 0.5) is 20.7 Å². The van der Waals surface area contributed by atoms with E-state index in [-0.39, 0.29) is 36.3 Å². The molecule has 6 rings (SSSR count). The zero-order valence-corrected chi connectivity index (χ0v) is 24.3. The number of rotatable bonds is 9. The van der Waals surface area contributed by atoms with Gasteiger partial charge in [-0.3, -0.25) is 9.55 Å². The van der Waals surface area contributed by atoms with Crippen molar-refractivity contribution >= 4 is 33.0 Å². The monoisotopic (exact) mass is 615 g/mol. The average molecular weight is 616 g/mol. The predicted molar refractivity (Wildman–Crippen MR) is 155 cm³/mol. The number of hydrogen-bond donors (Lipinski definition) is 0. The average Bonchev–Trinajstić information content (AvgIpc) is 3.45. The number of morpholine rings is 1. The summed E-state index contributed by atoms with van der Waals surface area (Å²) < 4.78 is 68.4. The number of nitrogens with zero attached hydrogens (tertiary/aromatic N) is 9. The summed E-state index contributed by atoms with van der Waals surface area (Å²) >= 11 is 0. The number of piperazine rings is 1. The van der Waals surface area contributed by atoms with Crippen LogP contribution in [-0.4, -0.2) is 108 Å². The third-order valence-corrected chi connectivity index (χ3v) is 9.37. The molecule has 5 heterocycles. The maximum absolute atomic E-state index is 14.3. The van der Waals surface area contributed by atoms with Crippen LogP contribution in [0.15, 0.2) is 42.7 Å². The summed E-state index contributed by atoms with van der Waals surface area (Å²) in [5.41, 5.74) is 1.53. The van der Waals surface area contributed by atoms with Crippen molar-refractivity contribution in [2.75, 3.05) is 75.1 Å². The lowest BCUT2D eigenvalue weighted by molar-refractivity contribution is 0.122. The van der Waals surface area contributed by atoms with Gasteiger partial charge in [-0.05, 0) is 36.2 Å². The second-order valence-electron chi connectivity index (χ2n) is 10.1. The first-order valence-electron chi connectivity index (χ1n) is 13.9. The Morgan fingerprint density at radius 2 is 1.53 bits per heavy atom. The smallest absolute Gasteiger partial charge is 0.296 e. The predicted octanol–water partition coefficient (Wildman–Crippen LogP) is 2.08. The number of aromatic nitrogens is 6. The maximum atomic E-state index is 14.3. The molecule has 0 bridgehead atoms. The first kappa shape index (κ1) is 29.1. The van der Waals surface area contributed by atoms with Crippen molar-refractivity contribution < 1.29 is 26.7 Å². The van der Waals surface area contributed by atoms with Gasteiger partial charge in [0.1, 0.15) is 11.3 Å². The van der Waals surface area contributed by atoms with Gasteiger partial charge in [0.05, 0.1) is 31.6 Å². The fraction of sp³-hybridized carbons (Fsp3) is 0.444.